The van der Waals surface area contributed by atoms with Crippen LogP contribution in [-0.4, -0.2) is 47.5 Å². The summed E-state index contributed by atoms with van der Waals surface area (Å²) in [6.07, 6.45) is 3.51. The van der Waals surface area contributed by atoms with E-state index in [0.717, 1.165) is 0 Å². The average Bonchev–Trinajstić information content (AvgIpc) is 3.26. The number of nitrogens with zero attached hydrogens (tertiary/aromatic N) is 3. The maximum atomic E-state index is 12.8. The molecule has 26 heavy (non-hydrogen) atoms. The molecule has 0 radical (unpaired) electrons. The molecule has 3 rings (SSSR count). The first kappa shape index (κ1) is 18.5. The molecule has 0 spiro atoms. The molecule has 0 unspecified atom stereocenters. The van der Waals surface area contributed by atoms with Crippen molar-refractivity contribution in [3.63, 3.8) is 0 Å². The average molecular weight is 391 g/mol. The Morgan fingerprint density at radius 3 is 2.92 bits per heavy atom. The van der Waals surface area contributed by atoms with Crippen molar-refractivity contribution in [1.29, 1.82) is 5.26 Å². The SMILES string of the molecule is N#Cc1cccnc1SCC(=O)N(Cc1ccco1)[C@@H]1CCS(=O)(=O)C1. The van der Waals surface area contributed by atoms with Gasteiger partial charge in [0.15, 0.2) is 9.84 Å². The zero-order chi connectivity index (χ0) is 18.6. The summed E-state index contributed by atoms with van der Waals surface area (Å²) in [7, 11) is -3.12. The summed E-state index contributed by atoms with van der Waals surface area (Å²) < 4.78 is 29.0. The summed E-state index contributed by atoms with van der Waals surface area (Å²) in [5.41, 5.74) is 0.409. The van der Waals surface area contributed by atoms with Crippen LogP contribution in [-0.2, 0) is 21.2 Å². The second-order valence-electron chi connectivity index (χ2n) is 5.91. The molecule has 0 bridgehead atoms. The number of carbonyl (C=O) groups excluding carboxylic acids is 1. The Morgan fingerprint density at radius 1 is 1.42 bits per heavy atom. The number of thioether (sulfide) groups is 1. The van der Waals surface area contributed by atoms with E-state index in [4.69, 9.17) is 9.68 Å². The van der Waals surface area contributed by atoms with E-state index in [1.807, 2.05) is 6.07 Å². The van der Waals surface area contributed by atoms with Crippen LogP contribution in [0.5, 0.6) is 0 Å². The Morgan fingerprint density at radius 2 is 2.27 bits per heavy atom. The molecular weight excluding hydrogens is 374 g/mol. The van der Waals surface area contributed by atoms with Crippen molar-refractivity contribution in [3.05, 3.63) is 48.0 Å². The van der Waals surface area contributed by atoms with E-state index in [1.54, 1.807) is 35.4 Å². The topological polar surface area (TPSA) is 104 Å². The summed E-state index contributed by atoms with van der Waals surface area (Å²) >= 11 is 1.17. The lowest BCUT2D eigenvalue weighted by molar-refractivity contribution is -0.131. The van der Waals surface area contributed by atoms with Crippen LogP contribution >= 0.6 is 11.8 Å². The molecule has 1 saturated heterocycles. The third-order valence-electron chi connectivity index (χ3n) is 4.10. The molecule has 1 aliphatic rings. The van der Waals surface area contributed by atoms with Crippen molar-refractivity contribution in [2.45, 2.75) is 24.0 Å². The van der Waals surface area contributed by atoms with Crippen LogP contribution in [0.2, 0.25) is 0 Å². The van der Waals surface area contributed by atoms with Crippen molar-refractivity contribution in [1.82, 2.24) is 9.88 Å². The van der Waals surface area contributed by atoms with E-state index >= 15 is 0 Å². The standard InChI is InChI=1S/C17H17N3O4S2/c18-9-13-3-1-6-19-17(13)25-11-16(21)20(10-15-4-2-7-24-15)14-5-8-26(22,23)12-14/h1-4,6-7,14H,5,8,10-12H2/t14-/m1/s1. The number of furan rings is 1. The minimum Gasteiger partial charge on any atom is -0.467 e. The Balaban J connectivity index is 1.73. The quantitative estimate of drug-likeness (QED) is 0.692. The first-order chi connectivity index (χ1) is 12.5. The highest BCUT2D eigenvalue weighted by Gasteiger charge is 2.35. The van der Waals surface area contributed by atoms with Gasteiger partial charge in [0.25, 0.3) is 0 Å². The summed E-state index contributed by atoms with van der Waals surface area (Å²) in [6.45, 7) is 0.222. The fourth-order valence-electron chi connectivity index (χ4n) is 2.82. The van der Waals surface area contributed by atoms with Crippen LogP contribution in [0, 0.1) is 11.3 Å². The van der Waals surface area contributed by atoms with Gasteiger partial charge < -0.3 is 9.32 Å². The number of pyridine rings is 1. The smallest absolute Gasteiger partial charge is 0.233 e. The molecule has 136 valence electrons. The second-order valence-corrected chi connectivity index (χ2v) is 9.11. The number of nitriles is 1. The van der Waals surface area contributed by atoms with E-state index in [1.165, 1.54) is 18.0 Å². The van der Waals surface area contributed by atoms with Gasteiger partial charge in [0.05, 0.1) is 35.6 Å². The highest BCUT2D eigenvalue weighted by atomic mass is 32.2. The van der Waals surface area contributed by atoms with Crippen molar-refractivity contribution in [3.8, 4) is 6.07 Å². The number of aromatic nitrogens is 1. The molecule has 1 aliphatic heterocycles. The van der Waals surface area contributed by atoms with Crippen LogP contribution in [0.3, 0.4) is 0 Å². The van der Waals surface area contributed by atoms with Crippen LogP contribution in [0.15, 0.2) is 46.2 Å². The van der Waals surface area contributed by atoms with Gasteiger partial charge in [-0.1, -0.05) is 11.8 Å². The first-order valence-corrected chi connectivity index (χ1v) is 10.8. The van der Waals surface area contributed by atoms with Gasteiger partial charge in [0.1, 0.15) is 16.9 Å². The van der Waals surface area contributed by atoms with Crippen molar-refractivity contribution >= 4 is 27.5 Å². The Kier molecular flexibility index (Phi) is 5.64. The van der Waals surface area contributed by atoms with Crippen LogP contribution in [0.1, 0.15) is 17.7 Å². The highest BCUT2D eigenvalue weighted by Crippen LogP contribution is 2.24. The summed E-state index contributed by atoms with van der Waals surface area (Å²) in [4.78, 5) is 18.5. The Bertz CT molecular complexity index is 920. The molecule has 1 atom stereocenters. The lowest BCUT2D eigenvalue weighted by Crippen LogP contribution is -2.41. The highest BCUT2D eigenvalue weighted by molar-refractivity contribution is 8.00. The fourth-order valence-corrected chi connectivity index (χ4v) is 5.38. The molecule has 0 saturated carbocycles. The molecule has 1 amide bonds. The minimum atomic E-state index is -3.12. The number of hydrogen-bond acceptors (Lipinski definition) is 7. The molecular formula is C17H17N3O4S2. The number of carbonyl (C=O) groups is 1. The summed E-state index contributed by atoms with van der Waals surface area (Å²) in [5, 5.41) is 9.60. The maximum absolute atomic E-state index is 12.8. The van der Waals surface area contributed by atoms with Crippen molar-refractivity contribution < 1.29 is 17.6 Å². The third kappa shape index (κ3) is 4.45. The molecule has 0 aliphatic carbocycles. The monoisotopic (exact) mass is 391 g/mol. The van der Waals surface area contributed by atoms with E-state index in [0.29, 0.717) is 22.8 Å². The lowest BCUT2D eigenvalue weighted by atomic mass is 10.2. The van der Waals surface area contributed by atoms with E-state index in [-0.39, 0.29) is 35.8 Å². The van der Waals surface area contributed by atoms with Gasteiger partial charge in [-0.2, -0.15) is 5.26 Å². The zero-order valence-corrected chi connectivity index (χ0v) is 15.5. The summed E-state index contributed by atoms with van der Waals surface area (Å²) in [5.74, 6) is 0.525. The largest absolute Gasteiger partial charge is 0.467 e. The predicted molar refractivity (Wildman–Crippen MR) is 96.0 cm³/mol. The molecule has 3 heterocycles. The van der Waals surface area contributed by atoms with Crippen LogP contribution in [0.4, 0.5) is 0 Å². The Labute approximate surface area is 155 Å². The molecule has 2 aromatic heterocycles. The van der Waals surface area contributed by atoms with Gasteiger partial charge in [-0.25, -0.2) is 13.4 Å². The molecule has 9 heteroatoms. The molecule has 2 aromatic rings. The second kappa shape index (κ2) is 7.93. The van der Waals surface area contributed by atoms with Crippen molar-refractivity contribution in [2.24, 2.45) is 0 Å². The van der Waals surface area contributed by atoms with E-state index < -0.39 is 9.84 Å². The predicted octanol–water partition coefficient (Wildman–Crippen LogP) is 1.85. The van der Waals surface area contributed by atoms with Gasteiger partial charge in [-0.05, 0) is 30.7 Å². The van der Waals surface area contributed by atoms with Gasteiger partial charge >= 0.3 is 0 Å². The normalized spacial score (nSPS) is 18.3. The number of hydrogen-bond donors (Lipinski definition) is 0. The van der Waals surface area contributed by atoms with Gasteiger partial charge in [0.2, 0.25) is 5.91 Å². The van der Waals surface area contributed by atoms with Gasteiger partial charge in [-0.15, -0.1) is 0 Å². The van der Waals surface area contributed by atoms with E-state index in [2.05, 4.69) is 4.98 Å². The molecule has 0 N–H and O–H groups in total. The number of sulfone groups is 1. The third-order valence-corrected chi connectivity index (χ3v) is 6.84. The first-order valence-electron chi connectivity index (χ1n) is 7.99. The van der Waals surface area contributed by atoms with Gasteiger partial charge in [0, 0.05) is 12.2 Å². The van der Waals surface area contributed by atoms with Gasteiger partial charge in [-0.3, -0.25) is 4.79 Å². The minimum absolute atomic E-state index is 0.0306. The van der Waals surface area contributed by atoms with Crippen LogP contribution in [0.25, 0.3) is 0 Å². The van der Waals surface area contributed by atoms with Crippen LogP contribution < -0.4 is 0 Å². The lowest BCUT2D eigenvalue weighted by Gasteiger charge is -2.27. The van der Waals surface area contributed by atoms with Crippen molar-refractivity contribution in [2.75, 3.05) is 17.3 Å². The van der Waals surface area contributed by atoms with E-state index in [9.17, 15) is 13.2 Å². The number of rotatable bonds is 6. The summed E-state index contributed by atoms with van der Waals surface area (Å²) in [6, 6.07) is 8.47. The molecule has 7 nitrogen and oxygen atoms in total. The fraction of sp³-hybridized carbons (Fsp3) is 0.353. The number of amides is 1. The maximum Gasteiger partial charge on any atom is 0.233 e. The Hall–Kier alpha value is -2.31. The zero-order valence-electron chi connectivity index (χ0n) is 13.9. The molecule has 1 fully saturated rings. The molecule has 0 aromatic carbocycles.